The first-order chi connectivity index (χ1) is 14.6. The van der Waals surface area contributed by atoms with Crippen LogP contribution in [0.4, 0.5) is 19.0 Å². The molecule has 0 bridgehead atoms. The van der Waals surface area contributed by atoms with Crippen LogP contribution in [-0.2, 0) is 4.79 Å². The van der Waals surface area contributed by atoms with Gasteiger partial charge in [-0.3, -0.25) is 9.59 Å². The molecule has 1 fully saturated rings. The number of amides is 2. The molecule has 0 aromatic carbocycles. The third-order valence-electron chi connectivity index (χ3n) is 4.94. The number of H-pyrrole nitrogens is 1. The van der Waals surface area contributed by atoms with Crippen molar-refractivity contribution >= 4 is 17.6 Å². The van der Waals surface area contributed by atoms with Gasteiger partial charge in [-0.1, -0.05) is 13.8 Å². The smallest absolute Gasteiger partial charge is 0.358 e. The number of hydrogen-bond acceptors (Lipinski definition) is 5. The quantitative estimate of drug-likeness (QED) is 0.614. The Bertz CT molecular complexity index is 928. The van der Waals surface area contributed by atoms with Gasteiger partial charge in [0.15, 0.2) is 5.82 Å². The predicted octanol–water partition coefficient (Wildman–Crippen LogP) is 3.07. The van der Waals surface area contributed by atoms with Crippen LogP contribution < -0.4 is 10.6 Å². The Kier molecular flexibility index (Phi) is 6.81. The van der Waals surface area contributed by atoms with Crippen LogP contribution in [0.25, 0.3) is 11.4 Å². The van der Waals surface area contributed by atoms with Gasteiger partial charge in [0.05, 0.1) is 0 Å². The van der Waals surface area contributed by atoms with Crippen molar-refractivity contribution in [1.82, 2.24) is 25.2 Å². The van der Waals surface area contributed by atoms with Gasteiger partial charge in [-0.05, 0) is 30.9 Å². The van der Waals surface area contributed by atoms with Gasteiger partial charge in [0.25, 0.3) is 5.91 Å². The van der Waals surface area contributed by atoms with Gasteiger partial charge >= 0.3 is 6.18 Å². The molecule has 1 aliphatic heterocycles. The number of anilines is 1. The molecule has 3 rings (SSSR count). The second-order valence-electron chi connectivity index (χ2n) is 7.77. The summed E-state index contributed by atoms with van der Waals surface area (Å²) in [7, 11) is 0. The van der Waals surface area contributed by atoms with Crippen molar-refractivity contribution in [1.29, 1.82) is 0 Å². The van der Waals surface area contributed by atoms with Gasteiger partial charge in [-0.25, -0.2) is 9.97 Å². The number of nitrogens with one attached hydrogen (secondary N) is 3. The molecule has 3 N–H and O–H groups in total. The third kappa shape index (κ3) is 5.96. The van der Waals surface area contributed by atoms with Gasteiger partial charge in [0.2, 0.25) is 5.91 Å². The molecule has 2 aromatic rings. The Morgan fingerprint density at radius 1 is 1.29 bits per heavy atom. The van der Waals surface area contributed by atoms with Crippen molar-refractivity contribution in [3.63, 3.8) is 0 Å². The Labute approximate surface area is 179 Å². The number of nitrogens with zero attached hydrogens (tertiary/aromatic N) is 3. The lowest BCUT2D eigenvalue weighted by atomic mass is 10.0. The topological polar surface area (TPSA) is 103 Å². The number of halogens is 3. The molecule has 2 amide bonds. The molecule has 1 saturated heterocycles. The second-order valence-corrected chi connectivity index (χ2v) is 7.77. The number of alkyl halides is 3. The van der Waals surface area contributed by atoms with Gasteiger partial charge in [-0.15, -0.1) is 0 Å². The highest BCUT2D eigenvalue weighted by Crippen LogP contribution is 2.21. The van der Waals surface area contributed by atoms with E-state index in [2.05, 4.69) is 20.3 Å². The van der Waals surface area contributed by atoms with Crippen LogP contribution in [0.3, 0.4) is 0 Å². The monoisotopic (exact) mass is 440 g/mol. The fraction of sp³-hybridized carbons (Fsp3) is 0.500. The van der Waals surface area contributed by atoms with E-state index in [0.717, 1.165) is 25.9 Å². The largest absolute Gasteiger partial charge is 0.405 e. The molecule has 8 nitrogen and oxygen atoms in total. The number of rotatable bonds is 7. The SMILES string of the molecule is CC(C)[C@@H](Nc1ccnc(-c2c[nH]c(C(=O)N3CCCC3)c2)n1)C(=O)NCC(F)(F)F.[HH]. The van der Waals surface area contributed by atoms with E-state index >= 15 is 0 Å². The Balaban J connectivity index is 0.00000363. The molecule has 2 aromatic heterocycles. The van der Waals surface area contributed by atoms with Crippen molar-refractivity contribution in [3.05, 3.63) is 30.2 Å². The Morgan fingerprint density at radius 2 is 2.00 bits per heavy atom. The van der Waals surface area contributed by atoms with Crippen LogP contribution in [0.2, 0.25) is 0 Å². The first-order valence-electron chi connectivity index (χ1n) is 10.1. The van der Waals surface area contributed by atoms with Crippen LogP contribution >= 0.6 is 0 Å². The van der Waals surface area contributed by atoms with Gasteiger partial charge < -0.3 is 20.5 Å². The normalized spacial score (nSPS) is 15.2. The van der Waals surface area contributed by atoms with E-state index in [1.54, 1.807) is 31.0 Å². The van der Waals surface area contributed by atoms with Crippen molar-refractivity contribution in [2.45, 2.75) is 38.9 Å². The zero-order valence-electron chi connectivity index (χ0n) is 17.3. The average molecular weight is 440 g/mol. The summed E-state index contributed by atoms with van der Waals surface area (Å²) < 4.78 is 37.3. The molecule has 0 radical (unpaired) electrons. The van der Waals surface area contributed by atoms with Crippen LogP contribution in [-0.4, -0.2) is 63.5 Å². The molecule has 11 heteroatoms. The van der Waals surface area contributed by atoms with Gasteiger partial charge in [0.1, 0.15) is 24.1 Å². The van der Waals surface area contributed by atoms with Crippen LogP contribution in [0.5, 0.6) is 0 Å². The number of hydrogen-bond donors (Lipinski definition) is 3. The zero-order chi connectivity index (χ0) is 22.6. The lowest BCUT2D eigenvalue weighted by molar-refractivity contribution is -0.139. The summed E-state index contributed by atoms with van der Waals surface area (Å²) in [5.74, 6) is -0.533. The number of aromatic amines is 1. The average Bonchev–Trinajstić information content (AvgIpc) is 3.41. The van der Waals surface area contributed by atoms with Crippen LogP contribution in [0.15, 0.2) is 24.5 Å². The molecule has 31 heavy (non-hydrogen) atoms. The highest BCUT2D eigenvalue weighted by atomic mass is 19.4. The first-order valence-corrected chi connectivity index (χ1v) is 10.1. The zero-order valence-corrected chi connectivity index (χ0v) is 17.3. The summed E-state index contributed by atoms with van der Waals surface area (Å²) in [5, 5.41) is 4.78. The van der Waals surface area contributed by atoms with Crippen LogP contribution in [0, 0.1) is 5.92 Å². The highest BCUT2D eigenvalue weighted by molar-refractivity contribution is 5.94. The summed E-state index contributed by atoms with van der Waals surface area (Å²) in [4.78, 5) is 38.0. The van der Waals surface area contributed by atoms with Crippen molar-refractivity contribution < 1.29 is 24.2 Å². The number of carbonyl (C=O) groups excluding carboxylic acids is 2. The fourth-order valence-corrected chi connectivity index (χ4v) is 3.31. The molecule has 170 valence electrons. The van der Waals surface area contributed by atoms with E-state index in [1.165, 1.54) is 12.3 Å². The molecule has 0 aliphatic carbocycles. The van der Waals surface area contributed by atoms with Crippen LogP contribution in [0.1, 0.15) is 38.6 Å². The molecular formula is C20H27F3N6O2. The first kappa shape index (κ1) is 22.6. The molecular weight excluding hydrogens is 413 g/mol. The maximum atomic E-state index is 12.5. The van der Waals surface area contributed by atoms with Crippen molar-refractivity contribution in [2.75, 3.05) is 25.0 Å². The minimum atomic E-state index is -4.49. The van der Waals surface area contributed by atoms with Crippen molar-refractivity contribution in [3.8, 4) is 11.4 Å². The molecule has 1 aliphatic rings. The lowest BCUT2D eigenvalue weighted by Gasteiger charge is -2.22. The summed E-state index contributed by atoms with van der Waals surface area (Å²) >= 11 is 0. The van der Waals surface area contributed by atoms with E-state index in [9.17, 15) is 22.8 Å². The molecule has 0 unspecified atom stereocenters. The second kappa shape index (κ2) is 9.36. The summed E-state index contributed by atoms with van der Waals surface area (Å²) in [5.41, 5.74) is 1.03. The molecule has 1 atom stereocenters. The Hall–Kier alpha value is -3.11. The van der Waals surface area contributed by atoms with Gasteiger partial charge in [0, 0.05) is 32.5 Å². The summed E-state index contributed by atoms with van der Waals surface area (Å²) in [6, 6.07) is 2.28. The standard InChI is InChI=1S/C20H25F3N6O2.H2/c1-12(2)16(18(30)26-11-20(21,22)23)27-15-5-6-24-17(28-15)13-9-14(25-10-13)19(31)29-7-3-4-8-29;/h5-6,9-10,12,16,25H,3-4,7-8,11H2,1-2H3,(H,26,30)(H,24,27,28);1H/t16-;/m1./s1. The minimum absolute atomic E-state index is 0. The molecule has 3 heterocycles. The van der Waals surface area contributed by atoms with E-state index in [0.29, 0.717) is 22.9 Å². The van der Waals surface area contributed by atoms with E-state index in [-0.39, 0.29) is 13.3 Å². The maximum Gasteiger partial charge on any atom is 0.405 e. The molecule has 0 spiro atoms. The van der Waals surface area contributed by atoms with Crippen molar-refractivity contribution in [2.24, 2.45) is 5.92 Å². The fourth-order valence-electron chi connectivity index (χ4n) is 3.31. The van der Waals surface area contributed by atoms with Gasteiger partial charge in [-0.2, -0.15) is 13.2 Å². The van der Waals surface area contributed by atoms with E-state index in [4.69, 9.17) is 0 Å². The van der Waals surface area contributed by atoms with E-state index in [1.807, 2.05) is 5.32 Å². The third-order valence-corrected chi connectivity index (χ3v) is 4.94. The minimum Gasteiger partial charge on any atom is -0.358 e. The van der Waals surface area contributed by atoms with E-state index < -0.39 is 24.7 Å². The summed E-state index contributed by atoms with van der Waals surface area (Å²) in [6.07, 6.45) is 0.591. The number of likely N-dealkylation sites (tertiary alicyclic amines) is 1. The predicted molar refractivity (Wildman–Crippen MR) is 110 cm³/mol. The number of aromatic nitrogens is 3. The summed E-state index contributed by atoms with van der Waals surface area (Å²) in [6.45, 7) is 3.50. The molecule has 0 saturated carbocycles. The lowest BCUT2D eigenvalue weighted by Crippen LogP contribution is -2.46. The maximum absolute atomic E-state index is 12.5. The Morgan fingerprint density at radius 3 is 2.65 bits per heavy atom. The number of carbonyl (C=O) groups is 2. The highest BCUT2D eigenvalue weighted by Gasteiger charge is 2.30.